The van der Waals surface area contributed by atoms with Crippen LogP contribution in [0.4, 0.5) is 0 Å². The monoisotopic (exact) mass is 524 g/mol. The van der Waals surface area contributed by atoms with E-state index in [1.54, 1.807) is 0 Å². The number of hydrogen-bond donors (Lipinski definition) is 0. The maximum absolute atomic E-state index is 13.8. The Hall–Kier alpha value is -1.00. The third-order valence-electron chi connectivity index (χ3n) is 11.8. The quantitative estimate of drug-likeness (QED) is 0.399. The number of hydrogen-bond acceptors (Lipinski definition) is 4. The number of allylic oxidation sites excluding steroid dienone is 2. The van der Waals surface area contributed by atoms with E-state index in [2.05, 4.69) is 63.5 Å². The smallest absolute Gasteiger partial charge is 0.0324 e. The number of likely N-dealkylation sites (tertiary alicyclic amines) is 2. The molecule has 4 nitrogen and oxygen atoms in total. The summed E-state index contributed by atoms with van der Waals surface area (Å²) in [6.45, 7) is 16.2. The molecule has 38 heavy (non-hydrogen) atoms. The summed E-state index contributed by atoms with van der Waals surface area (Å²) in [5, 5.41) is 27.6. The molecule has 0 amide bonds. The van der Waals surface area contributed by atoms with Crippen molar-refractivity contribution in [2.45, 2.75) is 143 Å². The van der Waals surface area contributed by atoms with Crippen LogP contribution in [0, 0.1) is 34.5 Å². The molecule has 2 aliphatic heterocycles. The Bertz CT molecular complexity index is 811. The molecular formula is C34H56N2O2-2. The predicted octanol–water partition coefficient (Wildman–Crippen LogP) is 5.86. The van der Waals surface area contributed by atoms with Crippen LogP contribution in [0.1, 0.15) is 119 Å². The molecule has 0 bridgehead atoms. The second kappa shape index (κ2) is 11.1. The molecule has 5 rings (SSSR count). The Morgan fingerprint density at radius 1 is 0.658 bits per heavy atom. The van der Waals surface area contributed by atoms with Gasteiger partial charge in [-0.25, -0.2) is 0 Å². The van der Waals surface area contributed by atoms with Gasteiger partial charge in [-0.05, 0) is 62.2 Å². The van der Waals surface area contributed by atoms with Gasteiger partial charge in [0, 0.05) is 47.4 Å². The first-order valence-electron chi connectivity index (χ1n) is 16.4. The van der Waals surface area contributed by atoms with Crippen molar-refractivity contribution < 1.29 is 10.2 Å². The van der Waals surface area contributed by atoms with Gasteiger partial charge in [-0.3, -0.25) is 0 Å². The molecule has 3 aliphatic carbocycles. The molecule has 5 aliphatic rings. The lowest BCUT2D eigenvalue weighted by Gasteiger charge is -2.60. The topological polar surface area (TPSA) is 52.6 Å². The lowest BCUT2D eigenvalue weighted by Crippen LogP contribution is -2.66. The molecule has 0 aromatic rings. The average molecular weight is 525 g/mol. The second-order valence-corrected chi connectivity index (χ2v) is 14.6. The van der Waals surface area contributed by atoms with Gasteiger partial charge in [0.05, 0.1) is 0 Å². The number of rotatable bonds is 8. The van der Waals surface area contributed by atoms with E-state index >= 15 is 0 Å². The number of unbranched alkanes of at least 4 members (excludes halogenated alkanes) is 2. The minimum atomic E-state index is -0.810. The Morgan fingerprint density at radius 2 is 1.03 bits per heavy atom. The van der Waals surface area contributed by atoms with Crippen LogP contribution in [-0.2, 0) is 0 Å². The van der Waals surface area contributed by atoms with Gasteiger partial charge in [0.2, 0.25) is 0 Å². The van der Waals surface area contributed by atoms with E-state index in [0.29, 0.717) is 23.9 Å². The molecular weight excluding hydrogens is 468 g/mol. The second-order valence-electron chi connectivity index (χ2n) is 14.6. The highest BCUT2D eigenvalue weighted by Gasteiger charge is 2.53. The molecule has 4 atom stereocenters. The van der Waals surface area contributed by atoms with Crippen molar-refractivity contribution in [1.82, 2.24) is 9.80 Å². The fourth-order valence-corrected chi connectivity index (χ4v) is 9.47. The van der Waals surface area contributed by atoms with Crippen LogP contribution in [0.25, 0.3) is 0 Å². The Labute approximate surface area is 233 Å². The summed E-state index contributed by atoms with van der Waals surface area (Å²) in [4.78, 5) is 5.30. The third-order valence-corrected chi connectivity index (χ3v) is 11.8. The van der Waals surface area contributed by atoms with Crippen molar-refractivity contribution in [2.75, 3.05) is 13.1 Å². The molecule has 0 spiro atoms. The van der Waals surface area contributed by atoms with Crippen LogP contribution in [-0.4, -0.2) is 47.2 Å². The van der Waals surface area contributed by atoms with Crippen molar-refractivity contribution in [3.8, 4) is 0 Å². The molecule has 5 fully saturated rings. The summed E-state index contributed by atoms with van der Waals surface area (Å²) in [6.07, 6.45) is 17.9. The minimum Gasteiger partial charge on any atom is -0.851 e. The fourth-order valence-electron chi connectivity index (χ4n) is 9.47. The van der Waals surface area contributed by atoms with E-state index in [-0.39, 0.29) is 22.7 Å². The van der Waals surface area contributed by atoms with Gasteiger partial charge in [0.25, 0.3) is 0 Å². The van der Waals surface area contributed by atoms with Crippen LogP contribution < -0.4 is 10.2 Å². The highest BCUT2D eigenvalue weighted by molar-refractivity contribution is 5.30. The molecule has 3 saturated carbocycles. The summed E-state index contributed by atoms with van der Waals surface area (Å²) in [7, 11) is 0. The van der Waals surface area contributed by atoms with Crippen LogP contribution in [0.3, 0.4) is 0 Å². The first-order chi connectivity index (χ1) is 18.1. The maximum atomic E-state index is 13.8. The highest BCUT2D eigenvalue weighted by atomic mass is 16.3. The van der Waals surface area contributed by atoms with Crippen LogP contribution in [0.5, 0.6) is 0 Å². The first-order valence-corrected chi connectivity index (χ1v) is 16.4. The van der Waals surface area contributed by atoms with Crippen molar-refractivity contribution in [1.29, 1.82) is 0 Å². The van der Waals surface area contributed by atoms with Crippen molar-refractivity contribution in [3.05, 3.63) is 23.5 Å². The minimum absolute atomic E-state index is 0.0574. The summed E-state index contributed by atoms with van der Waals surface area (Å²) >= 11 is 0. The zero-order chi connectivity index (χ0) is 27.2. The van der Waals surface area contributed by atoms with Crippen molar-refractivity contribution in [3.63, 3.8) is 0 Å². The molecule has 216 valence electrons. The summed E-state index contributed by atoms with van der Waals surface area (Å²) < 4.78 is 0. The molecule has 2 saturated heterocycles. The molecule has 0 N–H and O–H groups in total. The molecule has 0 aromatic heterocycles. The van der Waals surface area contributed by atoms with Crippen molar-refractivity contribution in [2.24, 2.45) is 34.5 Å². The summed E-state index contributed by atoms with van der Waals surface area (Å²) in [6, 6.07) is 1.19. The summed E-state index contributed by atoms with van der Waals surface area (Å²) in [5.41, 5.74) is 2.78. The Morgan fingerprint density at radius 3 is 1.39 bits per heavy atom. The van der Waals surface area contributed by atoms with E-state index in [4.69, 9.17) is 0 Å². The lowest BCUT2D eigenvalue weighted by atomic mass is 9.65. The van der Waals surface area contributed by atoms with Crippen molar-refractivity contribution >= 4 is 0 Å². The number of fused-ring (bicyclic) bond motifs is 2. The summed E-state index contributed by atoms with van der Waals surface area (Å²) in [5.74, 6) is 0.544. The third kappa shape index (κ3) is 4.68. The van der Waals surface area contributed by atoms with Gasteiger partial charge in [-0.15, -0.1) is 12.2 Å². The van der Waals surface area contributed by atoms with E-state index < -0.39 is 12.2 Å². The van der Waals surface area contributed by atoms with Crippen LogP contribution in [0.2, 0.25) is 0 Å². The van der Waals surface area contributed by atoms with Gasteiger partial charge < -0.3 is 20.0 Å². The highest BCUT2D eigenvalue weighted by Crippen LogP contribution is 2.56. The van der Waals surface area contributed by atoms with E-state index in [1.165, 1.54) is 88.4 Å². The zero-order valence-electron chi connectivity index (χ0n) is 25.4. The predicted molar refractivity (Wildman–Crippen MR) is 153 cm³/mol. The molecule has 4 unspecified atom stereocenters. The normalized spacial score (nSPS) is 41.9. The van der Waals surface area contributed by atoms with E-state index in [1.807, 2.05) is 0 Å². The largest absolute Gasteiger partial charge is 0.851 e. The van der Waals surface area contributed by atoms with Gasteiger partial charge in [-0.2, -0.15) is 0 Å². The van der Waals surface area contributed by atoms with E-state index in [9.17, 15) is 10.2 Å². The Balaban J connectivity index is 1.40. The van der Waals surface area contributed by atoms with Crippen LogP contribution in [0.15, 0.2) is 23.5 Å². The number of nitrogens with zero attached hydrogens (tertiary/aromatic N) is 2. The standard InChI is InChI=1S/C34H56N2O2/c1-7-9-19-35-27-17-13-11-15-25(27)33(3,4)29(35)21-23-31(37)24(32(23)38)22-30-34(5,6)26-16-12-14-18-28(26)36(30)20-10-8-2/h21-28,31-32H,7-20H2,1-6H3/q-2. The van der Waals surface area contributed by atoms with Gasteiger partial charge in [-0.1, -0.05) is 92.2 Å². The fraction of sp³-hybridized carbons (Fsp3) is 0.882. The zero-order valence-corrected chi connectivity index (χ0v) is 25.4. The average Bonchev–Trinajstić information content (AvgIpc) is 3.26. The molecule has 4 heteroatoms. The van der Waals surface area contributed by atoms with Gasteiger partial charge >= 0.3 is 0 Å². The molecule has 0 aromatic carbocycles. The van der Waals surface area contributed by atoms with E-state index in [0.717, 1.165) is 13.1 Å². The lowest BCUT2D eigenvalue weighted by molar-refractivity contribution is -0.550. The molecule has 0 radical (unpaired) electrons. The maximum Gasteiger partial charge on any atom is 0.0324 e. The van der Waals surface area contributed by atoms with Gasteiger partial charge in [0.15, 0.2) is 0 Å². The molecule has 2 heterocycles. The first kappa shape index (κ1) is 28.5. The van der Waals surface area contributed by atoms with Gasteiger partial charge in [0.1, 0.15) is 0 Å². The Kier molecular flexibility index (Phi) is 8.34. The SMILES string of the molecule is CCCCN1C(=CC2C([O-])C(C=C3N(CCCC)C4CCCCC4C3(C)C)C2[O-])C(C)(C)C2CCCCC21. The van der Waals surface area contributed by atoms with Crippen LogP contribution >= 0.6 is 0 Å².